The van der Waals surface area contributed by atoms with Crippen molar-refractivity contribution >= 4 is 27.5 Å². The summed E-state index contributed by atoms with van der Waals surface area (Å²) in [6.07, 6.45) is 7.28. The predicted octanol–water partition coefficient (Wildman–Crippen LogP) is 3.83. The number of nitrogen functional groups attached to an aromatic ring is 1. The van der Waals surface area contributed by atoms with Crippen LogP contribution in [0.2, 0.25) is 0 Å². The van der Waals surface area contributed by atoms with E-state index in [1.165, 1.54) is 25.7 Å². The van der Waals surface area contributed by atoms with Gasteiger partial charge in [-0.3, -0.25) is 4.79 Å². The Morgan fingerprint density at radius 3 is 2.47 bits per heavy atom. The zero-order chi connectivity index (χ0) is 13.8. The van der Waals surface area contributed by atoms with Crippen LogP contribution in [0.15, 0.2) is 22.7 Å². The summed E-state index contributed by atoms with van der Waals surface area (Å²) >= 11 is 3.35. The molecule has 1 saturated carbocycles. The van der Waals surface area contributed by atoms with Gasteiger partial charge >= 0.3 is 0 Å². The van der Waals surface area contributed by atoms with Crippen molar-refractivity contribution in [3.05, 3.63) is 28.2 Å². The van der Waals surface area contributed by atoms with Crippen LogP contribution in [0, 0.1) is 0 Å². The van der Waals surface area contributed by atoms with Gasteiger partial charge in [-0.25, -0.2) is 0 Å². The topological polar surface area (TPSA) is 46.3 Å². The van der Waals surface area contributed by atoms with Gasteiger partial charge in [-0.15, -0.1) is 0 Å². The standard InChI is InChI=1S/C15H21BrN2O/c1-18(12-6-4-2-3-5-7-12)15(19)11-8-9-13(16)14(17)10-11/h8-10,12H,2-7,17H2,1H3. The van der Waals surface area contributed by atoms with Gasteiger partial charge in [0, 0.05) is 28.8 Å². The van der Waals surface area contributed by atoms with Gasteiger partial charge in [-0.05, 0) is 47.0 Å². The molecule has 0 heterocycles. The van der Waals surface area contributed by atoms with Crippen LogP contribution < -0.4 is 5.73 Å². The van der Waals surface area contributed by atoms with Gasteiger partial charge in [0.2, 0.25) is 0 Å². The normalized spacial score (nSPS) is 16.9. The van der Waals surface area contributed by atoms with Crippen LogP contribution >= 0.6 is 15.9 Å². The Morgan fingerprint density at radius 2 is 1.89 bits per heavy atom. The molecular formula is C15H21BrN2O. The van der Waals surface area contributed by atoms with Crippen LogP contribution in [-0.2, 0) is 0 Å². The largest absolute Gasteiger partial charge is 0.398 e. The second kappa shape index (κ2) is 6.42. The van der Waals surface area contributed by atoms with E-state index in [-0.39, 0.29) is 5.91 Å². The number of hydrogen-bond donors (Lipinski definition) is 1. The molecule has 2 N–H and O–H groups in total. The minimum absolute atomic E-state index is 0.0751. The summed E-state index contributed by atoms with van der Waals surface area (Å²) in [5.74, 6) is 0.0751. The van der Waals surface area contributed by atoms with Crippen molar-refractivity contribution in [2.75, 3.05) is 12.8 Å². The number of nitrogens with zero attached hydrogens (tertiary/aromatic N) is 1. The molecule has 0 aromatic heterocycles. The number of halogens is 1. The third-order valence-corrected chi connectivity index (χ3v) is 4.66. The van der Waals surface area contributed by atoms with Crippen LogP contribution in [-0.4, -0.2) is 23.9 Å². The lowest BCUT2D eigenvalue weighted by Gasteiger charge is -2.27. The average molecular weight is 325 g/mol. The summed E-state index contributed by atoms with van der Waals surface area (Å²) in [5.41, 5.74) is 7.13. The average Bonchev–Trinajstić information content (AvgIpc) is 2.69. The Labute approximate surface area is 123 Å². The fourth-order valence-electron chi connectivity index (χ4n) is 2.69. The molecule has 0 unspecified atom stereocenters. The predicted molar refractivity (Wildman–Crippen MR) is 82.1 cm³/mol. The molecule has 1 aliphatic carbocycles. The van der Waals surface area contributed by atoms with E-state index in [0.29, 0.717) is 17.3 Å². The van der Waals surface area contributed by atoms with Crippen molar-refractivity contribution in [3.63, 3.8) is 0 Å². The van der Waals surface area contributed by atoms with Gasteiger partial charge in [0.1, 0.15) is 0 Å². The lowest BCUT2D eigenvalue weighted by Crippen LogP contribution is -2.36. The van der Waals surface area contributed by atoms with Gasteiger partial charge in [-0.1, -0.05) is 25.7 Å². The highest BCUT2D eigenvalue weighted by Crippen LogP contribution is 2.24. The Hall–Kier alpha value is -1.03. The molecule has 0 saturated heterocycles. The minimum atomic E-state index is 0.0751. The molecule has 0 atom stereocenters. The van der Waals surface area contributed by atoms with Crippen LogP contribution in [0.1, 0.15) is 48.9 Å². The molecule has 1 amide bonds. The monoisotopic (exact) mass is 324 g/mol. The summed E-state index contributed by atoms with van der Waals surface area (Å²) in [7, 11) is 1.91. The number of hydrogen-bond acceptors (Lipinski definition) is 2. The fraction of sp³-hybridized carbons (Fsp3) is 0.533. The highest BCUT2D eigenvalue weighted by molar-refractivity contribution is 9.10. The van der Waals surface area contributed by atoms with E-state index in [9.17, 15) is 4.79 Å². The van der Waals surface area contributed by atoms with Crippen molar-refractivity contribution < 1.29 is 4.79 Å². The van der Waals surface area contributed by atoms with Gasteiger partial charge in [0.15, 0.2) is 0 Å². The molecule has 104 valence electrons. The van der Waals surface area contributed by atoms with E-state index >= 15 is 0 Å². The first kappa shape index (κ1) is 14.4. The van der Waals surface area contributed by atoms with Gasteiger partial charge in [0.05, 0.1) is 0 Å². The molecule has 0 aliphatic heterocycles. The molecule has 1 fully saturated rings. The zero-order valence-electron chi connectivity index (χ0n) is 11.4. The van der Waals surface area contributed by atoms with Crippen molar-refractivity contribution in [2.24, 2.45) is 0 Å². The second-order valence-electron chi connectivity index (χ2n) is 5.30. The first-order valence-electron chi connectivity index (χ1n) is 6.92. The maximum Gasteiger partial charge on any atom is 0.253 e. The van der Waals surface area contributed by atoms with E-state index in [4.69, 9.17) is 5.73 Å². The van der Waals surface area contributed by atoms with Crippen molar-refractivity contribution in [1.29, 1.82) is 0 Å². The number of amides is 1. The summed E-state index contributed by atoms with van der Waals surface area (Å²) in [4.78, 5) is 14.4. The van der Waals surface area contributed by atoms with E-state index in [1.807, 2.05) is 24.1 Å². The summed E-state index contributed by atoms with van der Waals surface area (Å²) in [5, 5.41) is 0. The number of nitrogens with two attached hydrogens (primary N) is 1. The van der Waals surface area contributed by atoms with E-state index < -0.39 is 0 Å². The first-order valence-corrected chi connectivity index (χ1v) is 7.71. The molecule has 0 spiro atoms. The molecule has 0 radical (unpaired) electrons. The Balaban J connectivity index is 2.10. The smallest absolute Gasteiger partial charge is 0.253 e. The van der Waals surface area contributed by atoms with E-state index in [1.54, 1.807) is 6.07 Å². The van der Waals surface area contributed by atoms with Crippen LogP contribution in [0.5, 0.6) is 0 Å². The molecule has 4 heteroatoms. The summed E-state index contributed by atoms with van der Waals surface area (Å²) in [6, 6.07) is 5.79. The Bertz CT molecular complexity index is 453. The van der Waals surface area contributed by atoms with Gasteiger partial charge in [-0.2, -0.15) is 0 Å². The SMILES string of the molecule is CN(C(=O)c1ccc(Br)c(N)c1)C1CCCCCC1. The minimum Gasteiger partial charge on any atom is -0.398 e. The molecule has 3 nitrogen and oxygen atoms in total. The van der Waals surface area contributed by atoms with Crippen molar-refractivity contribution in [2.45, 2.75) is 44.6 Å². The molecular weight excluding hydrogens is 304 g/mol. The Morgan fingerprint density at radius 1 is 1.26 bits per heavy atom. The molecule has 1 aromatic rings. The first-order chi connectivity index (χ1) is 9.09. The van der Waals surface area contributed by atoms with Crippen LogP contribution in [0.25, 0.3) is 0 Å². The number of rotatable bonds is 2. The molecule has 1 aromatic carbocycles. The summed E-state index contributed by atoms with van der Waals surface area (Å²) < 4.78 is 0.834. The second-order valence-corrected chi connectivity index (χ2v) is 6.15. The maximum atomic E-state index is 12.5. The molecule has 1 aliphatic rings. The maximum absolute atomic E-state index is 12.5. The summed E-state index contributed by atoms with van der Waals surface area (Å²) in [6.45, 7) is 0. The lowest BCUT2D eigenvalue weighted by molar-refractivity contribution is 0.0718. The quantitative estimate of drug-likeness (QED) is 0.663. The highest BCUT2D eigenvalue weighted by atomic mass is 79.9. The van der Waals surface area contributed by atoms with Crippen molar-refractivity contribution in [3.8, 4) is 0 Å². The van der Waals surface area contributed by atoms with Crippen LogP contribution in [0.3, 0.4) is 0 Å². The number of carbonyl (C=O) groups is 1. The van der Waals surface area contributed by atoms with Gasteiger partial charge in [0.25, 0.3) is 5.91 Å². The van der Waals surface area contributed by atoms with Crippen LogP contribution in [0.4, 0.5) is 5.69 Å². The molecule has 0 bridgehead atoms. The third-order valence-electron chi connectivity index (χ3n) is 3.94. The van der Waals surface area contributed by atoms with E-state index in [2.05, 4.69) is 15.9 Å². The van der Waals surface area contributed by atoms with Crippen molar-refractivity contribution in [1.82, 2.24) is 4.90 Å². The fourth-order valence-corrected chi connectivity index (χ4v) is 2.94. The number of carbonyl (C=O) groups excluding carboxylic acids is 1. The molecule has 2 rings (SSSR count). The number of anilines is 1. The highest BCUT2D eigenvalue weighted by Gasteiger charge is 2.22. The Kier molecular flexibility index (Phi) is 4.86. The zero-order valence-corrected chi connectivity index (χ0v) is 12.9. The van der Waals surface area contributed by atoms with E-state index in [0.717, 1.165) is 17.3 Å². The molecule has 19 heavy (non-hydrogen) atoms. The van der Waals surface area contributed by atoms with Gasteiger partial charge < -0.3 is 10.6 Å². The number of benzene rings is 1. The lowest BCUT2D eigenvalue weighted by atomic mass is 10.1. The third kappa shape index (κ3) is 3.50.